The van der Waals surface area contributed by atoms with Gasteiger partial charge in [0.25, 0.3) is 5.91 Å². The molecule has 3 aromatic rings. The maximum atomic E-state index is 12.3. The Morgan fingerprint density at radius 3 is 2.63 bits per heavy atom. The van der Waals surface area contributed by atoms with Gasteiger partial charge in [-0.2, -0.15) is 5.26 Å². The molecule has 0 fully saturated rings. The van der Waals surface area contributed by atoms with Crippen molar-refractivity contribution in [1.82, 2.24) is 0 Å². The third kappa shape index (κ3) is 4.57. The fourth-order valence-electron chi connectivity index (χ4n) is 2.39. The number of furan rings is 1. The molecular weight excluding hydrogens is 364 g/mol. The molecule has 0 saturated carbocycles. The SMILES string of the molecule is COc1ccc(NC(=O)/C(C#N)=C\c2ccc(-c3cccc(Cl)c3)o2)cc1. The van der Waals surface area contributed by atoms with E-state index in [9.17, 15) is 10.1 Å². The molecular formula is C21H15ClN2O3. The first-order valence-electron chi connectivity index (χ1n) is 8.02. The number of hydrogen-bond donors (Lipinski definition) is 1. The van der Waals surface area contributed by atoms with Crippen LogP contribution in [0, 0.1) is 11.3 Å². The van der Waals surface area contributed by atoms with Crippen LogP contribution in [0.3, 0.4) is 0 Å². The maximum absolute atomic E-state index is 12.3. The Morgan fingerprint density at radius 1 is 1.19 bits per heavy atom. The molecule has 2 aromatic carbocycles. The zero-order valence-corrected chi connectivity index (χ0v) is 15.2. The fraction of sp³-hybridized carbons (Fsp3) is 0.0476. The number of nitrogens with one attached hydrogen (secondary N) is 1. The molecule has 0 radical (unpaired) electrons. The van der Waals surface area contributed by atoms with Crippen molar-refractivity contribution >= 4 is 29.3 Å². The van der Waals surface area contributed by atoms with Gasteiger partial charge in [-0.1, -0.05) is 23.7 Å². The molecule has 1 N–H and O–H groups in total. The number of amides is 1. The standard InChI is InChI=1S/C21H15ClN2O3/c1-26-18-7-5-17(6-8-18)24-21(25)15(13-23)12-19-9-10-20(27-19)14-3-2-4-16(22)11-14/h2-12H,1H3,(H,24,25)/b15-12-. The number of hydrogen-bond acceptors (Lipinski definition) is 4. The largest absolute Gasteiger partial charge is 0.497 e. The van der Waals surface area contributed by atoms with Crippen LogP contribution in [0.4, 0.5) is 5.69 Å². The molecule has 0 unspecified atom stereocenters. The molecule has 1 heterocycles. The van der Waals surface area contributed by atoms with Crippen LogP contribution in [0.1, 0.15) is 5.76 Å². The Kier molecular flexibility index (Phi) is 5.60. The van der Waals surface area contributed by atoms with E-state index in [1.54, 1.807) is 55.6 Å². The van der Waals surface area contributed by atoms with E-state index in [0.717, 1.165) is 5.56 Å². The van der Waals surface area contributed by atoms with E-state index < -0.39 is 5.91 Å². The zero-order valence-electron chi connectivity index (χ0n) is 14.4. The van der Waals surface area contributed by atoms with E-state index in [4.69, 9.17) is 20.8 Å². The average Bonchev–Trinajstić information content (AvgIpc) is 3.15. The van der Waals surface area contributed by atoms with Crippen LogP contribution in [0.25, 0.3) is 17.4 Å². The topological polar surface area (TPSA) is 75.3 Å². The number of ether oxygens (including phenoxy) is 1. The molecule has 0 aliphatic heterocycles. The number of nitriles is 1. The molecule has 6 heteroatoms. The number of methoxy groups -OCH3 is 1. The van der Waals surface area contributed by atoms with Crippen molar-refractivity contribution in [3.05, 3.63) is 77.0 Å². The minimum Gasteiger partial charge on any atom is -0.497 e. The third-order valence-corrected chi connectivity index (χ3v) is 3.97. The maximum Gasteiger partial charge on any atom is 0.266 e. The van der Waals surface area contributed by atoms with Gasteiger partial charge in [0, 0.05) is 22.3 Å². The Balaban J connectivity index is 1.77. The predicted molar refractivity (Wildman–Crippen MR) is 104 cm³/mol. The van der Waals surface area contributed by atoms with E-state index in [1.165, 1.54) is 6.08 Å². The molecule has 27 heavy (non-hydrogen) atoms. The van der Waals surface area contributed by atoms with Crippen molar-refractivity contribution in [3.63, 3.8) is 0 Å². The second-order valence-electron chi connectivity index (χ2n) is 5.56. The van der Waals surface area contributed by atoms with Crippen molar-refractivity contribution in [3.8, 4) is 23.1 Å². The molecule has 5 nitrogen and oxygen atoms in total. The summed E-state index contributed by atoms with van der Waals surface area (Å²) < 4.78 is 10.8. The molecule has 1 aromatic heterocycles. The Hall–Kier alpha value is -3.49. The molecule has 0 bridgehead atoms. The van der Waals surface area contributed by atoms with Gasteiger partial charge < -0.3 is 14.5 Å². The highest BCUT2D eigenvalue weighted by Crippen LogP contribution is 2.26. The number of anilines is 1. The summed E-state index contributed by atoms with van der Waals surface area (Å²) in [6, 6.07) is 19.4. The summed E-state index contributed by atoms with van der Waals surface area (Å²) in [6.07, 6.45) is 1.40. The number of rotatable bonds is 5. The molecule has 0 atom stereocenters. The predicted octanol–water partition coefficient (Wildman–Crippen LogP) is 5.15. The lowest BCUT2D eigenvalue weighted by Gasteiger charge is -2.05. The van der Waals surface area contributed by atoms with E-state index in [1.807, 2.05) is 18.2 Å². The van der Waals surface area contributed by atoms with Gasteiger partial charge in [-0.25, -0.2) is 0 Å². The molecule has 0 saturated heterocycles. The van der Waals surface area contributed by atoms with Gasteiger partial charge in [-0.3, -0.25) is 4.79 Å². The minimum absolute atomic E-state index is 0.0715. The first kappa shape index (κ1) is 18.3. The lowest BCUT2D eigenvalue weighted by Crippen LogP contribution is -2.13. The molecule has 3 rings (SSSR count). The lowest BCUT2D eigenvalue weighted by atomic mass is 10.2. The van der Waals surface area contributed by atoms with Crippen molar-refractivity contribution < 1.29 is 13.9 Å². The normalized spacial score (nSPS) is 10.9. The monoisotopic (exact) mass is 378 g/mol. The molecule has 1 amide bonds. The van der Waals surface area contributed by atoms with Crippen molar-refractivity contribution in [2.75, 3.05) is 12.4 Å². The highest BCUT2D eigenvalue weighted by atomic mass is 35.5. The van der Waals surface area contributed by atoms with Gasteiger partial charge >= 0.3 is 0 Å². The molecule has 0 aliphatic carbocycles. The summed E-state index contributed by atoms with van der Waals surface area (Å²) in [7, 11) is 1.56. The van der Waals surface area contributed by atoms with Crippen LogP contribution in [-0.2, 0) is 4.79 Å². The fourth-order valence-corrected chi connectivity index (χ4v) is 2.58. The van der Waals surface area contributed by atoms with Gasteiger partial charge in [0.15, 0.2) is 0 Å². The van der Waals surface area contributed by atoms with Crippen molar-refractivity contribution in [1.29, 1.82) is 5.26 Å². The molecule has 0 spiro atoms. The number of carbonyl (C=O) groups excluding carboxylic acids is 1. The van der Waals surface area contributed by atoms with E-state index >= 15 is 0 Å². The summed E-state index contributed by atoms with van der Waals surface area (Å²) >= 11 is 5.99. The number of halogens is 1. The Bertz CT molecular complexity index is 1030. The number of benzene rings is 2. The summed E-state index contributed by atoms with van der Waals surface area (Å²) in [5, 5.41) is 12.6. The quantitative estimate of drug-likeness (QED) is 0.491. The Labute approximate surface area is 161 Å². The van der Waals surface area contributed by atoms with E-state index in [2.05, 4.69) is 5.32 Å². The molecule has 134 valence electrons. The summed E-state index contributed by atoms with van der Waals surface area (Å²) in [6.45, 7) is 0. The Morgan fingerprint density at radius 2 is 1.96 bits per heavy atom. The van der Waals surface area contributed by atoms with Crippen molar-refractivity contribution in [2.45, 2.75) is 0 Å². The van der Waals surface area contributed by atoms with E-state index in [0.29, 0.717) is 28.0 Å². The van der Waals surface area contributed by atoms with Gasteiger partial charge in [0.05, 0.1) is 7.11 Å². The van der Waals surface area contributed by atoms with Gasteiger partial charge in [-0.05, 0) is 48.5 Å². The third-order valence-electron chi connectivity index (χ3n) is 3.74. The van der Waals surface area contributed by atoms with Crippen LogP contribution in [0.15, 0.2) is 70.7 Å². The van der Waals surface area contributed by atoms with E-state index in [-0.39, 0.29) is 5.57 Å². The van der Waals surface area contributed by atoms with Gasteiger partial charge in [0.1, 0.15) is 28.9 Å². The highest BCUT2D eigenvalue weighted by Gasteiger charge is 2.12. The number of carbonyl (C=O) groups is 1. The molecule has 0 aliphatic rings. The van der Waals surface area contributed by atoms with Crippen molar-refractivity contribution in [2.24, 2.45) is 0 Å². The van der Waals surface area contributed by atoms with Crippen LogP contribution in [0.5, 0.6) is 5.75 Å². The van der Waals surface area contributed by atoms with Crippen LogP contribution < -0.4 is 10.1 Å². The van der Waals surface area contributed by atoms with Gasteiger partial charge in [-0.15, -0.1) is 0 Å². The first-order chi connectivity index (χ1) is 13.1. The van der Waals surface area contributed by atoms with Crippen LogP contribution in [-0.4, -0.2) is 13.0 Å². The minimum atomic E-state index is -0.525. The van der Waals surface area contributed by atoms with Crippen LogP contribution >= 0.6 is 11.6 Å². The average molecular weight is 379 g/mol. The summed E-state index contributed by atoms with van der Waals surface area (Å²) in [5.74, 6) is 1.14. The number of nitrogens with zero attached hydrogens (tertiary/aromatic N) is 1. The second kappa shape index (κ2) is 8.26. The highest BCUT2D eigenvalue weighted by molar-refractivity contribution is 6.30. The summed E-state index contributed by atoms with van der Waals surface area (Å²) in [5.41, 5.74) is 1.29. The lowest BCUT2D eigenvalue weighted by molar-refractivity contribution is -0.112. The summed E-state index contributed by atoms with van der Waals surface area (Å²) in [4.78, 5) is 12.3. The zero-order chi connectivity index (χ0) is 19.2. The van der Waals surface area contributed by atoms with Gasteiger partial charge in [0.2, 0.25) is 0 Å². The second-order valence-corrected chi connectivity index (χ2v) is 6.00. The van der Waals surface area contributed by atoms with Crippen LogP contribution in [0.2, 0.25) is 5.02 Å². The first-order valence-corrected chi connectivity index (χ1v) is 8.40. The smallest absolute Gasteiger partial charge is 0.266 e.